The number of aromatic carboxylic acids is 4. The van der Waals surface area contributed by atoms with Gasteiger partial charge in [0.05, 0.1) is 28.6 Å². The normalized spacial score (nSPS) is 10.9. The molecule has 0 amide bonds. The van der Waals surface area contributed by atoms with Crippen molar-refractivity contribution in [2.45, 2.75) is 13.5 Å². The Bertz CT molecular complexity index is 4780. The van der Waals surface area contributed by atoms with Gasteiger partial charge >= 0.3 is 23.9 Å². The first-order valence-corrected chi connectivity index (χ1v) is 27.0. The summed E-state index contributed by atoms with van der Waals surface area (Å²) in [5.74, 6) is -2.04. The van der Waals surface area contributed by atoms with Crippen molar-refractivity contribution in [1.82, 2.24) is 29.5 Å². The molecule has 422 valence electrons. The van der Waals surface area contributed by atoms with Gasteiger partial charge in [0.2, 0.25) is 23.6 Å². The lowest BCUT2D eigenvalue weighted by molar-refractivity contribution is 0.0686. The molecule has 0 aliphatic carbocycles. The van der Waals surface area contributed by atoms with Crippen LogP contribution in [0, 0.1) is 6.92 Å². The van der Waals surface area contributed by atoms with Crippen LogP contribution in [0.5, 0.6) is 0 Å². The van der Waals surface area contributed by atoms with Crippen LogP contribution >= 0.6 is 15.9 Å². The summed E-state index contributed by atoms with van der Waals surface area (Å²) in [5, 5.41) is 35.9. The van der Waals surface area contributed by atoms with Gasteiger partial charge in [-0.05, 0) is 169 Å². The molecule has 14 aromatic rings. The molecule has 9 aromatic carbocycles. The fourth-order valence-electron chi connectivity index (χ4n) is 8.90. The summed E-state index contributed by atoms with van der Waals surface area (Å²) >= 11 is 3.37. The minimum Gasteiger partial charge on any atom is -0.478 e. The van der Waals surface area contributed by atoms with Crippen LogP contribution in [0.15, 0.2) is 241 Å². The topological polar surface area (TPSA) is 271 Å². The maximum absolute atomic E-state index is 11.1. The van der Waals surface area contributed by atoms with Crippen LogP contribution in [0.4, 0.5) is 0 Å². The number of hydrogen-bond donors (Lipinski definition) is 4. The van der Waals surface area contributed by atoms with Gasteiger partial charge in [0.1, 0.15) is 22.1 Å². The third-order valence-electron chi connectivity index (χ3n) is 13.2. The number of fused-ring (bicyclic) bond motifs is 4. The van der Waals surface area contributed by atoms with E-state index in [4.69, 9.17) is 38.1 Å². The van der Waals surface area contributed by atoms with Gasteiger partial charge in [-0.3, -0.25) is 0 Å². The number of aryl methyl sites for hydroxylation is 1. The number of halogens is 1. The molecule has 19 heteroatoms. The monoisotopic (exact) mass is 1200 g/mol. The lowest BCUT2D eigenvalue weighted by Crippen LogP contribution is -1.95. The molecular formula is C67H45BrN6O12. The van der Waals surface area contributed by atoms with E-state index in [-0.39, 0.29) is 22.3 Å². The van der Waals surface area contributed by atoms with Crippen molar-refractivity contribution in [3.05, 3.63) is 257 Å². The summed E-state index contributed by atoms with van der Waals surface area (Å²) in [5.41, 5.74) is 13.9. The van der Waals surface area contributed by atoms with Crippen LogP contribution in [0.25, 0.3) is 101 Å². The van der Waals surface area contributed by atoms with Crippen LogP contribution in [0.2, 0.25) is 0 Å². The molecule has 0 saturated carbocycles. The van der Waals surface area contributed by atoms with Crippen molar-refractivity contribution in [2.75, 3.05) is 0 Å². The van der Waals surface area contributed by atoms with Crippen molar-refractivity contribution < 1.29 is 57.3 Å². The van der Waals surface area contributed by atoms with Crippen molar-refractivity contribution in [3.8, 4) is 56.9 Å². The molecule has 0 spiro atoms. The predicted molar refractivity (Wildman–Crippen MR) is 325 cm³/mol. The van der Waals surface area contributed by atoms with Crippen LogP contribution in [0.3, 0.4) is 0 Å². The Hall–Kier alpha value is -11.6. The van der Waals surface area contributed by atoms with E-state index in [9.17, 15) is 19.2 Å². The molecule has 0 atom stereocenters. The highest BCUT2D eigenvalue weighted by Gasteiger charge is 2.16. The highest BCUT2D eigenvalue weighted by atomic mass is 79.9. The summed E-state index contributed by atoms with van der Waals surface area (Å²) < 4.78 is 25.8. The maximum atomic E-state index is 11.1. The Balaban J connectivity index is 0.000000120. The van der Waals surface area contributed by atoms with Gasteiger partial charge < -0.3 is 42.7 Å². The highest BCUT2D eigenvalue weighted by Crippen LogP contribution is 2.31. The number of nitrogens with zero attached hydrogens (tertiary/aromatic N) is 6. The number of imidazole rings is 1. The molecule has 0 aliphatic heterocycles. The number of hydrogen-bond acceptors (Lipinski definition) is 13. The molecule has 0 saturated heterocycles. The molecule has 4 N–H and O–H groups in total. The van der Waals surface area contributed by atoms with Crippen LogP contribution in [-0.2, 0) is 6.54 Å². The second kappa shape index (κ2) is 24.9. The second-order valence-corrected chi connectivity index (χ2v) is 20.2. The number of benzene rings is 9. The van der Waals surface area contributed by atoms with Crippen LogP contribution in [0.1, 0.15) is 52.6 Å². The van der Waals surface area contributed by atoms with E-state index in [0.717, 1.165) is 65.5 Å². The zero-order valence-electron chi connectivity index (χ0n) is 45.1. The third-order valence-corrected chi connectivity index (χ3v) is 13.7. The average Bonchev–Trinajstić information content (AvgIpc) is 2.66. The van der Waals surface area contributed by atoms with Crippen molar-refractivity contribution in [1.29, 1.82) is 0 Å². The van der Waals surface area contributed by atoms with E-state index in [2.05, 4.69) is 40.8 Å². The van der Waals surface area contributed by atoms with E-state index in [1.54, 1.807) is 85.3 Å². The summed E-state index contributed by atoms with van der Waals surface area (Å²) in [7, 11) is 0. The largest absolute Gasteiger partial charge is 0.478 e. The summed E-state index contributed by atoms with van der Waals surface area (Å²) in [6.45, 7) is 2.68. The van der Waals surface area contributed by atoms with E-state index >= 15 is 0 Å². The smallest absolute Gasteiger partial charge is 0.335 e. The fraction of sp³-hybridized carbons (Fsp3) is 0.0299. The highest BCUT2D eigenvalue weighted by molar-refractivity contribution is 9.10. The maximum Gasteiger partial charge on any atom is 0.335 e. The Morgan fingerprint density at radius 3 is 1.41 bits per heavy atom. The molecular weight excluding hydrogens is 1160 g/mol. The van der Waals surface area contributed by atoms with Crippen LogP contribution in [-0.4, -0.2) is 73.8 Å². The Kier molecular flexibility index (Phi) is 16.3. The first kappa shape index (κ1) is 56.3. The average molecular weight is 1210 g/mol. The minimum absolute atomic E-state index is 0.204. The number of carboxylic acid groups (broad SMARTS) is 4. The number of aromatic nitrogens is 6. The third kappa shape index (κ3) is 13.2. The summed E-state index contributed by atoms with van der Waals surface area (Å²) in [4.78, 5) is 65.5. The van der Waals surface area contributed by atoms with Gasteiger partial charge in [-0.15, -0.1) is 0 Å². The van der Waals surface area contributed by atoms with E-state index in [0.29, 0.717) is 58.0 Å². The predicted octanol–water partition coefficient (Wildman–Crippen LogP) is 15.8. The lowest BCUT2D eigenvalue weighted by atomic mass is 10.1. The van der Waals surface area contributed by atoms with E-state index in [1.165, 1.54) is 24.3 Å². The fourth-order valence-corrected chi connectivity index (χ4v) is 9.25. The van der Waals surface area contributed by atoms with Crippen molar-refractivity contribution in [2.24, 2.45) is 0 Å². The first-order valence-electron chi connectivity index (χ1n) is 26.3. The van der Waals surface area contributed by atoms with Gasteiger partial charge in [-0.2, -0.15) is 0 Å². The minimum atomic E-state index is -0.976. The van der Waals surface area contributed by atoms with Crippen molar-refractivity contribution >= 4 is 84.2 Å². The number of carbonyl (C=O) groups is 4. The van der Waals surface area contributed by atoms with Gasteiger partial charge in [0.15, 0.2) is 22.3 Å². The number of rotatable bonds is 11. The molecule has 5 aromatic heterocycles. The van der Waals surface area contributed by atoms with E-state index in [1.807, 2.05) is 121 Å². The van der Waals surface area contributed by atoms with E-state index < -0.39 is 23.9 Å². The van der Waals surface area contributed by atoms with Crippen molar-refractivity contribution in [3.63, 3.8) is 0 Å². The second-order valence-electron chi connectivity index (χ2n) is 19.3. The Morgan fingerprint density at radius 1 is 0.407 bits per heavy atom. The molecule has 5 heterocycles. The van der Waals surface area contributed by atoms with Gasteiger partial charge in [0, 0.05) is 45.7 Å². The molecule has 18 nitrogen and oxygen atoms in total. The number of carboxylic acids is 4. The van der Waals surface area contributed by atoms with Gasteiger partial charge in [-0.25, -0.2) is 44.1 Å². The Labute approximate surface area is 495 Å². The van der Waals surface area contributed by atoms with Crippen LogP contribution < -0.4 is 0 Å². The zero-order valence-corrected chi connectivity index (χ0v) is 46.7. The first-order chi connectivity index (χ1) is 41.7. The van der Waals surface area contributed by atoms with Gasteiger partial charge in [-0.1, -0.05) is 76.6 Å². The lowest BCUT2D eigenvalue weighted by Gasteiger charge is -2.01. The molecule has 0 fully saturated rings. The number of oxazole rings is 4. The molecule has 14 rings (SSSR count). The molecule has 0 aliphatic rings. The molecule has 0 bridgehead atoms. The molecule has 0 radical (unpaired) electrons. The summed E-state index contributed by atoms with van der Waals surface area (Å²) in [6, 6.07) is 59.2. The molecule has 86 heavy (non-hydrogen) atoms. The zero-order chi connectivity index (χ0) is 59.8. The standard InChI is InChI=1S/C20H13NO3.C18H13N3O3.C15H11NO3.C14H8BrNO3/c22-20(23)15-8-6-14(7-9-15)19-21-17-12-16(10-11-18(17)24-19)13-4-2-1-3-5-13;22-18(23)14-3-1-2-13(9-14)17-20-15-5-4-12(8-16(15)24-17)10-21-7-6-19-11-21;1-9-2-7-12-13(8-9)19-14(16-12)10-3-5-11(6-4-10)15(17)18;15-10-4-5-12-11(7-10)16-13(19-12)8-2-1-3-9(6-8)14(17)18/h1-12H,(H,22,23);1-9,11H,10H2,(H,22,23);2-8H,1H3,(H,17,18);1-7H,(H,17,18). The Morgan fingerprint density at radius 2 is 0.872 bits per heavy atom. The summed E-state index contributed by atoms with van der Waals surface area (Å²) in [6.07, 6.45) is 5.39. The van der Waals surface area contributed by atoms with Gasteiger partial charge in [0.25, 0.3) is 0 Å². The molecule has 0 unspecified atom stereocenters. The quantitative estimate of drug-likeness (QED) is 0.0937. The SMILES string of the molecule is Cc1ccc2nc(-c3ccc(C(=O)O)cc3)oc2c1.O=C(O)c1ccc(-c2nc3cc(-c4ccccc4)ccc3o2)cc1.O=C(O)c1cccc(-c2nc3cc(Br)ccc3o2)c1.O=C(O)c1cccc(-c2nc3ccc(Cn4ccnc4)cc3o2)c1.